The molecule has 2 N–H and O–H groups in total. The molecule has 0 unspecified atom stereocenters. The van der Waals surface area contributed by atoms with Crippen molar-refractivity contribution in [2.24, 2.45) is 0 Å². The van der Waals surface area contributed by atoms with E-state index >= 15 is 0 Å². The lowest BCUT2D eigenvalue weighted by atomic mass is 10.1. The molecule has 1 aromatic carbocycles. The van der Waals surface area contributed by atoms with Gasteiger partial charge in [-0.05, 0) is 29.8 Å². The van der Waals surface area contributed by atoms with Crippen LogP contribution in [-0.2, 0) is 4.74 Å². The summed E-state index contributed by atoms with van der Waals surface area (Å²) in [6.45, 7) is 2.59. The summed E-state index contributed by atoms with van der Waals surface area (Å²) in [5.74, 6) is -0.281. The molecule has 1 saturated heterocycles. The van der Waals surface area contributed by atoms with Gasteiger partial charge in [0.2, 0.25) is 5.82 Å². The number of hydrogen-bond donors (Lipinski definition) is 1. The van der Waals surface area contributed by atoms with Crippen molar-refractivity contribution in [2.45, 2.75) is 13.0 Å². The minimum Gasteiger partial charge on any atom is -0.453 e. The molecule has 8 nitrogen and oxygen atoms in total. The Labute approximate surface area is 125 Å². The zero-order valence-electron chi connectivity index (χ0n) is 12.2. The molecule has 22 heavy (non-hydrogen) atoms. The van der Waals surface area contributed by atoms with Crippen LogP contribution in [0.25, 0.3) is 11.4 Å². The molecule has 0 aliphatic carbocycles. The summed E-state index contributed by atoms with van der Waals surface area (Å²) in [4.78, 5) is 14.2. The van der Waals surface area contributed by atoms with Gasteiger partial charge in [-0.3, -0.25) is 0 Å². The van der Waals surface area contributed by atoms with Crippen LogP contribution in [0.5, 0.6) is 0 Å². The van der Waals surface area contributed by atoms with E-state index in [-0.39, 0.29) is 17.4 Å². The fourth-order valence-corrected chi connectivity index (χ4v) is 2.23. The third-order valence-electron chi connectivity index (χ3n) is 3.65. The van der Waals surface area contributed by atoms with E-state index in [2.05, 4.69) is 20.1 Å². The molecule has 0 spiro atoms. The highest BCUT2D eigenvalue weighted by Gasteiger charge is 2.34. The molecule has 1 aromatic heterocycles. The SMILES string of the molecule is COC(=O)N1CC(n2nnc(-c3cc(N)c(C)cc3F)n2)C1. The number of amides is 1. The first-order valence-electron chi connectivity index (χ1n) is 6.68. The molecule has 116 valence electrons. The number of nitrogens with zero attached hydrogens (tertiary/aromatic N) is 5. The lowest BCUT2D eigenvalue weighted by molar-refractivity contribution is 0.0621. The predicted molar refractivity (Wildman–Crippen MR) is 75.4 cm³/mol. The van der Waals surface area contributed by atoms with Gasteiger partial charge >= 0.3 is 6.09 Å². The number of carbonyl (C=O) groups is 1. The van der Waals surface area contributed by atoms with Gasteiger partial charge in [0.05, 0.1) is 25.8 Å². The summed E-state index contributed by atoms with van der Waals surface area (Å²) in [7, 11) is 1.33. The third-order valence-corrected chi connectivity index (χ3v) is 3.65. The Balaban J connectivity index is 1.78. The Morgan fingerprint density at radius 3 is 2.86 bits per heavy atom. The second-order valence-electron chi connectivity index (χ2n) is 5.15. The molecule has 0 bridgehead atoms. The highest BCUT2D eigenvalue weighted by Crippen LogP contribution is 2.26. The first kappa shape index (κ1) is 14.2. The summed E-state index contributed by atoms with van der Waals surface area (Å²) in [6, 6.07) is 2.74. The summed E-state index contributed by atoms with van der Waals surface area (Å²) < 4.78 is 18.6. The highest BCUT2D eigenvalue weighted by atomic mass is 19.1. The van der Waals surface area contributed by atoms with Crippen LogP contribution in [0.2, 0.25) is 0 Å². The van der Waals surface area contributed by atoms with Gasteiger partial charge in [0.25, 0.3) is 0 Å². The average molecular weight is 306 g/mol. The number of aryl methyl sites for hydroxylation is 1. The smallest absolute Gasteiger partial charge is 0.409 e. The van der Waals surface area contributed by atoms with Crippen molar-refractivity contribution in [3.05, 3.63) is 23.5 Å². The van der Waals surface area contributed by atoms with E-state index in [9.17, 15) is 9.18 Å². The monoisotopic (exact) mass is 306 g/mol. The number of aromatic nitrogens is 4. The molecule has 1 fully saturated rings. The number of ether oxygens (including phenoxy) is 1. The topological polar surface area (TPSA) is 99.2 Å². The van der Waals surface area contributed by atoms with Crippen LogP contribution in [0.1, 0.15) is 11.6 Å². The number of tetrazole rings is 1. The number of likely N-dealkylation sites (tertiary alicyclic amines) is 1. The minimum atomic E-state index is -0.448. The van der Waals surface area contributed by atoms with Gasteiger partial charge in [0, 0.05) is 5.69 Å². The first-order valence-corrected chi connectivity index (χ1v) is 6.68. The van der Waals surface area contributed by atoms with Crippen LogP contribution in [0, 0.1) is 12.7 Å². The molecule has 1 aliphatic heterocycles. The van der Waals surface area contributed by atoms with Crippen molar-refractivity contribution < 1.29 is 13.9 Å². The molecular formula is C13H15FN6O2. The Hall–Kier alpha value is -2.71. The lowest BCUT2D eigenvalue weighted by Gasteiger charge is -2.36. The van der Waals surface area contributed by atoms with Crippen LogP contribution in [0.15, 0.2) is 12.1 Å². The maximum atomic E-state index is 14.0. The summed E-state index contributed by atoms with van der Waals surface area (Å²) in [5.41, 5.74) is 7.12. The normalized spacial score (nSPS) is 14.8. The van der Waals surface area contributed by atoms with Crippen molar-refractivity contribution >= 4 is 11.8 Å². The zero-order chi connectivity index (χ0) is 15.9. The van der Waals surface area contributed by atoms with Gasteiger partial charge in [-0.2, -0.15) is 4.80 Å². The van der Waals surface area contributed by atoms with Crippen LogP contribution in [-0.4, -0.2) is 51.4 Å². The number of benzene rings is 1. The second kappa shape index (κ2) is 5.24. The largest absolute Gasteiger partial charge is 0.453 e. The second-order valence-corrected chi connectivity index (χ2v) is 5.15. The number of methoxy groups -OCH3 is 1. The van der Waals surface area contributed by atoms with Gasteiger partial charge in [-0.1, -0.05) is 0 Å². The van der Waals surface area contributed by atoms with Crippen molar-refractivity contribution in [1.82, 2.24) is 25.1 Å². The van der Waals surface area contributed by atoms with Crippen molar-refractivity contribution in [3.8, 4) is 11.4 Å². The fraction of sp³-hybridized carbons (Fsp3) is 0.385. The molecular weight excluding hydrogens is 291 g/mol. The van der Waals surface area contributed by atoms with Gasteiger partial charge in [-0.15, -0.1) is 10.2 Å². The van der Waals surface area contributed by atoms with Crippen molar-refractivity contribution in [3.63, 3.8) is 0 Å². The lowest BCUT2D eigenvalue weighted by Crippen LogP contribution is -2.51. The molecule has 9 heteroatoms. The molecule has 0 radical (unpaired) electrons. The summed E-state index contributed by atoms with van der Waals surface area (Å²) in [5, 5.41) is 12.0. The van der Waals surface area contributed by atoms with Gasteiger partial charge in [0.15, 0.2) is 0 Å². The van der Waals surface area contributed by atoms with Gasteiger partial charge < -0.3 is 15.4 Å². The third kappa shape index (κ3) is 2.34. The molecule has 2 aromatic rings. The number of nitrogens with two attached hydrogens (primary N) is 1. The first-order chi connectivity index (χ1) is 10.5. The highest BCUT2D eigenvalue weighted by molar-refractivity contribution is 5.68. The maximum absolute atomic E-state index is 14.0. The van der Waals surface area contributed by atoms with Crippen LogP contribution in [0.3, 0.4) is 0 Å². The van der Waals surface area contributed by atoms with Crippen LogP contribution < -0.4 is 5.73 Å². The van der Waals surface area contributed by atoms with Crippen LogP contribution >= 0.6 is 0 Å². The van der Waals surface area contributed by atoms with E-state index in [4.69, 9.17) is 5.73 Å². The average Bonchev–Trinajstić information content (AvgIpc) is 2.90. The summed E-state index contributed by atoms with van der Waals surface area (Å²) in [6.07, 6.45) is -0.394. The number of carbonyl (C=O) groups excluding carboxylic acids is 1. The van der Waals surface area contributed by atoms with E-state index in [1.54, 1.807) is 6.92 Å². The number of halogens is 1. The summed E-state index contributed by atoms with van der Waals surface area (Å²) >= 11 is 0. The molecule has 2 heterocycles. The number of rotatable bonds is 2. The molecule has 1 amide bonds. The number of hydrogen-bond acceptors (Lipinski definition) is 6. The fourth-order valence-electron chi connectivity index (χ4n) is 2.23. The number of nitrogen functional groups attached to an aromatic ring is 1. The van der Waals surface area contributed by atoms with E-state index in [0.29, 0.717) is 24.3 Å². The quantitative estimate of drug-likeness (QED) is 0.831. The molecule has 1 aliphatic rings. The molecule has 3 rings (SSSR count). The minimum absolute atomic E-state index is 0.0915. The van der Waals surface area contributed by atoms with Gasteiger partial charge in [-0.25, -0.2) is 9.18 Å². The Kier molecular flexibility index (Phi) is 3.39. The Morgan fingerprint density at radius 2 is 2.18 bits per heavy atom. The number of anilines is 1. The van der Waals surface area contributed by atoms with E-state index < -0.39 is 11.9 Å². The van der Waals surface area contributed by atoms with E-state index in [0.717, 1.165) is 0 Å². The maximum Gasteiger partial charge on any atom is 0.409 e. The molecule has 0 atom stereocenters. The van der Waals surface area contributed by atoms with Crippen LogP contribution in [0.4, 0.5) is 14.9 Å². The molecule has 0 saturated carbocycles. The predicted octanol–water partition coefficient (Wildman–Crippen LogP) is 0.993. The van der Waals surface area contributed by atoms with Crippen molar-refractivity contribution in [2.75, 3.05) is 25.9 Å². The van der Waals surface area contributed by atoms with E-state index in [1.807, 2.05) is 0 Å². The van der Waals surface area contributed by atoms with Crippen molar-refractivity contribution in [1.29, 1.82) is 0 Å². The standard InChI is InChI=1S/C13H15FN6O2/c1-7-3-10(14)9(4-11(7)15)12-16-18-20(17-12)8-5-19(6-8)13(21)22-2/h3-4,8H,5-6,15H2,1-2H3. The Bertz CT molecular complexity index is 725. The van der Waals surface area contributed by atoms with Gasteiger partial charge in [0.1, 0.15) is 11.9 Å². The van der Waals surface area contributed by atoms with E-state index in [1.165, 1.54) is 28.9 Å². The Morgan fingerprint density at radius 1 is 1.45 bits per heavy atom. The zero-order valence-corrected chi connectivity index (χ0v) is 12.2.